The molecule has 1 unspecified atom stereocenters. The second-order valence-corrected chi connectivity index (χ2v) is 7.32. The molecule has 26 heavy (non-hydrogen) atoms. The number of nitrogens with zero attached hydrogens (tertiary/aromatic N) is 1. The van der Waals surface area contributed by atoms with Crippen molar-refractivity contribution in [2.45, 2.75) is 23.9 Å². The zero-order valence-corrected chi connectivity index (χ0v) is 15.5. The lowest BCUT2D eigenvalue weighted by Crippen LogP contribution is -2.39. The molecule has 7 heteroatoms. The zero-order chi connectivity index (χ0) is 18.7. The van der Waals surface area contributed by atoms with E-state index in [1.165, 1.54) is 24.1 Å². The number of urea groups is 1. The van der Waals surface area contributed by atoms with Gasteiger partial charge in [0.15, 0.2) is 11.5 Å². The molecule has 0 aliphatic carbocycles. The number of halogens is 1. The van der Waals surface area contributed by atoms with Gasteiger partial charge in [-0.3, -0.25) is 0 Å². The Balaban J connectivity index is 1.67. The molecule has 1 aliphatic rings. The molecule has 0 saturated carbocycles. The lowest BCUT2D eigenvalue weighted by molar-refractivity contribution is 0.202. The summed E-state index contributed by atoms with van der Waals surface area (Å²) in [5, 5.41) is 12.8. The van der Waals surface area contributed by atoms with Gasteiger partial charge in [0, 0.05) is 24.2 Å². The van der Waals surface area contributed by atoms with Gasteiger partial charge < -0.3 is 20.1 Å². The fourth-order valence-corrected chi connectivity index (χ4v) is 4.06. The van der Waals surface area contributed by atoms with Gasteiger partial charge in [-0.25, -0.2) is 9.18 Å². The third kappa shape index (κ3) is 4.04. The minimum absolute atomic E-state index is 0.0347. The van der Waals surface area contributed by atoms with Gasteiger partial charge in [-0.15, -0.1) is 11.8 Å². The number of methoxy groups -OCH3 is 1. The number of carbonyl (C=O) groups excluding carboxylic acids is 1. The van der Waals surface area contributed by atoms with Crippen molar-refractivity contribution in [3.05, 3.63) is 53.3 Å². The number of carbonyl (C=O) groups is 1. The molecule has 2 amide bonds. The average molecular weight is 376 g/mol. The first-order valence-corrected chi connectivity index (χ1v) is 9.26. The molecule has 0 bridgehead atoms. The third-order valence-corrected chi connectivity index (χ3v) is 5.44. The highest BCUT2D eigenvalue weighted by Crippen LogP contribution is 2.36. The Morgan fingerprint density at radius 1 is 1.38 bits per heavy atom. The molecule has 1 aliphatic heterocycles. The number of benzene rings is 2. The Morgan fingerprint density at radius 3 is 2.92 bits per heavy atom. The summed E-state index contributed by atoms with van der Waals surface area (Å²) in [6, 6.07) is 9.28. The lowest BCUT2D eigenvalue weighted by Gasteiger charge is -2.28. The van der Waals surface area contributed by atoms with Crippen LogP contribution in [0.5, 0.6) is 11.5 Å². The maximum Gasteiger partial charge on any atom is 0.317 e. The number of rotatable bonds is 4. The van der Waals surface area contributed by atoms with E-state index in [0.29, 0.717) is 12.3 Å². The highest BCUT2D eigenvalue weighted by molar-refractivity contribution is 7.99. The van der Waals surface area contributed by atoms with Crippen molar-refractivity contribution < 1.29 is 19.0 Å². The largest absolute Gasteiger partial charge is 0.504 e. The van der Waals surface area contributed by atoms with Crippen LogP contribution in [0.4, 0.5) is 9.18 Å². The molecule has 0 fully saturated rings. The van der Waals surface area contributed by atoms with Crippen LogP contribution in [0.25, 0.3) is 0 Å². The first-order valence-electron chi connectivity index (χ1n) is 8.27. The second-order valence-electron chi connectivity index (χ2n) is 6.18. The van der Waals surface area contributed by atoms with Crippen molar-refractivity contribution in [1.82, 2.24) is 10.2 Å². The summed E-state index contributed by atoms with van der Waals surface area (Å²) in [5.41, 5.74) is 1.61. The van der Waals surface area contributed by atoms with Gasteiger partial charge in [-0.2, -0.15) is 0 Å². The van der Waals surface area contributed by atoms with Gasteiger partial charge in [0.1, 0.15) is 5.82 Å². The highest BCUT2D eigenvalue weighted by Gasteiger charge is 2.24. The smallest absolute Gasteiger partial charge is 0.317 e. The van der Waals surface area contributed by atoms with Crippen LogP contribution in [-0.4, -0.2) is 35.9 Å². The minimum atomic E-state index is -0.299. The van der Waals surface area contributed by atoms with Gasteiger partial charge in [0.05, 0.1) is 13.2 Å². The van der Waals surface area contributed by atoms with Crippen molar-refractivity contribution in [3.8, 4) is 11.5 Å². The molecular formula is C19H21FN2O3S. The number of thioether (sulfide) groups is 1. The monoisotopic (exact) mass is 376 g/mol. The molecule has 3 rings (SSSR count). The minimum Gasteiger partial charge on any atom is -0.504 e. The molecule has 2 N–H and O–H groups in total. The number of hydrogen-bond acceptors (Lipinski definition) is 4. The Bertz CT molecular complexity index is 815. The number of phenolic OH excluding ortho intramolecular Hbond substituents is 1. The van der Waals surface area contributed by atoms with E-state index in [9.17, 15) is 14.3 Å². The van der Waals surface area contributed by atoms with E-state index < -0.39 is 0 Å². The molecule has 0 aromatic heterocycles. The van der Waals surface area contributed by atoms with Crippen molar-refractivity contribution in [2.24, 2.45) is 0 Å². The molecule has 0 spiro atoms. The molecular weight excluding hydrogens is 355 g/mol. The van der Waals surface area contributed by atoms with Crippen LogP contribution in [0.15, 0.2) is 41.3 Å². The maximum absolute atomic E-state index is 13.6. The number of ether oxygens (including phenoxy) is 1. The highest BCUT2D eigenvalue weighted by atomic mass is 32.2. The van der Waals surface area contributed by atoms with Crippen LogP contribution in [0.1, 0.15) is 23.6 Å². The molecule has 0 radical (unpaired) electrons. The summed E-state index contributed by atoms with van der Waals surface area (Å²) in [5.74, 6) is 0.999. The second kappa shape index (κ2) is 7.86. The number of phenols is 1. The standard InChI is InChI=1S/C19H21FN2O3S/c1-22(11-12-3-5-17(25-2)16(23)9-12)19(24)21-15-7-8-26-18-6-4-13(20)10-14(15)18/h3-6,9-10,15,23H,7-8,11H2,1-2H3,(H,21,24). The molecule has 1 atom stereocenters. The molecule has 1 heterocycles. The predicted molar refractivity (Wildman–Crippen MR) is 99.1 cm³/mol. The van der Waals surface area contributed by atoms with Gasteiger partial charge in [-0.1, -0.05) is 6.07 Å². The number of hydrogen-bond donors (Lipinski definition) is 2. The van der Waals surface area contributed by atoms with Crippen LogP contribution >= 0.6 is 11.8 Å². The van der Waals surface area contributed by atoms with E-state index >= 15 is 0 Å². The number of aromatic hydroxyl groups is 1. The Labute approximate surface area is 156 Å². The lowest BCUT2D eigenvalue weighted by atomic mass is 10.0. The molecule has 138 valence electrons. The summed E-state index contributed by atoms with van der Waals surface area (Å²) in [6.45, 7) is 0.334. The van der Waals surface area contributed by atoms with Gasteiger partial charge in [0.2, 0.25) is 0 Å². The predicted octanol–water partition coefficient (Wildman–Crippen LogP) is 3.92. The molecule has 5 nitrogen and oxygen atoms in total. The average Bonchev–Trinajstić information content (AvgIpc) is 2.62. The van der Waals surface area contributed by atoms with Crippen molar-refractivity contribution in [2.75, 3.05) is 19.9 Å². The number of fused-ring (bicyclic) bond motifs is 1. The third-order valence-electron chi connectivity index (χ3n) is 4.32. The van der Waals surface area contributed by atoms with E-state index in [0.717, 1.165) is 28.2 Å². The van der Waals surface area contributed by atoms with E-state index in [2.05, 4.69) is 5.32 Å². The Hall–Kier alpha value is -2.41. The van der Waals surface area contributed by atoms with Crippen molar-refractivity contribution >= 4 is 17.8 Å². The Kier molecular flexibility index (Phi) is 5.56. The number of amides is 2. The normalized spacial score (nSPS) is 15.9. The van der Waals surface area contributed by atoms with E-state index in [4.69, 9.17) is 4.74 Å². The fraction of sp³-hybridized carbons (Fsp3) is 0.316. The summed E-state index contributed by atoms with van der Waals surface area (Å²) < 4.78 is 18.6. The van der Waals surface area contributed by atoms with Crippen LogP contribution < -0.4 is 10.1 Å². The fourth-order valence-electron chi connectivity index (χ4n) is 2.95. The van der Waals surface area contributed by atoms with Crippen molar-refractivity contribution in [3.63, 3.8) is 0 Å². The van der Waals surface area contributed by atoms with E-state index in [1.54, 1.807) is 43.1 Å². The Morgan fingerprint density at radius 2 is 2.19 bits per heavy atom. The summed E-state index contributed by atoms with van der Waals surface area (Å²) in [6.07, 6.45) is 0.754. The first kappa shape index (κ1) is 18.4. The van der Waals surface area contributed by atoms with Crippen LogP contribution in [0, 0.1) is 5.82 Å². The topological polar surface area (TPSA) is 61.8 Å². The summed E-state index contributed by atoms with van der Waals surface area (Å²) in [7, 11) is 3.16. The quantitative estimate of drug-likeness (QED) is 0.849. The molecule has 2 aromatic carbocycles. The van der Waals surface area contributed by atoms with Crippen LogP contribution in [-0.2, 0) is 6.54 Å². The van der Waals surface area contributed by atoms with E-state index in [1.807, 2.05) is 0 Å². The van der Waals surface area contributed by atoms with Crippen LogP contribution in [0.3, 0.4) is 0 Å². The van der Waals surface area contributed by atoms with E-state index in [-0.39, 0.29) is 23.6 Å². The summed E-state index contributed by atoms with van der Waals surface area (Å²) >= 11 is 1.67. The SMILES string of the molecule is COc1ccc(CN(C)C(=O)NC2CCSc3ccc(F)cc32)cc1O. The number of nitrogens with one attached hydrogen (secondary N) is 1. The first-order chi connectivity index (χ1) is 12.5. The maximum atomic E-state index is 13.6. The van der Waals surface area contributed by atoms with Gasteiger partial charge in [0.25, 0.3) is 0 Å². The van der Waals surface area contributed by atoms with Crippen LogP contribution in [0.2, 0.25) is 0 Å². The molecule has 2 aromatic rings. The van der Waals surface area contributed by atoms with Gasteiger partial charge in [-0.05, 0) is 47.9 Å². The van der Waals surface area contributed by atoms with Gasteiger partial charge >= 0.3 is 6.03 Å². The zero-order valence-electron chi connectivity index (χ0n) is 14.7. The summed E-state index contributed by atoms with van der Waals surface area (Å²) in [4.78, 5) is 15.1. The van der Waals surface area contributed by atoms with Crippen molar-refractivity contribution in [1.29, 1.82) is 0 Å². The molecule has 0 saturated heterocycles.